The Labute approximate surface area is 172 Å². The van der Waals surface area contributed by atoms with Crippen molar-refractivity contribution in [2.75, 3.05) is 30.3 Å². The second-order valence-electron chi connectivity index (χ2n) is 7.54. The van der Waals surface area contributed by atoms with E-state index in [0.29, 0.717) is 17.8 Å². The van der Waals surface area contributed by atoms with Gasteiger partial charge in [0.2, 0.25) is 0 Å². The highest BCUT2D eigenvalue weighted by molar-refractivity contribution is 7.85. The molecule has 1 aliphatic heterocycles. The van der Waals surface area contributed by atoms with E-state index >= 15 is 0 Å². The number of rotatable bonds is 7. The smallest absolute Gasteiger partial charge is 0.191 e. The van der Waals surface area contributed by atoms with Gasteiger partial charge < -0.3 is 15.5 Å². The Balaban J connectivity index is 1.61. The predicted octanol–water partition coefficient (Wildman–Crippen LogP) is 3.20. The van der Waals surface area contributed by atoms with Gasteiger partial charge in [-0.3, -0.25) is 4.21 Å². The molecule has 1 aromatic carbocycles. The first-order valence-corrected chi connectivity index (χ1v) is 12.0. The van der Waals surface area contributed by atoms with E-state index in [-0.39, 0.29) is 0 Å². The van der Waals surface area contributed by atoms with Gasteiger partial charge in [0.15, 0.2) is 5.96 Å². The normalized spacial score (nSPS) is 23.6. The Morgan fingerprint density at radius 3 is 2.82 bits per heavy atom. The lowest BCUT2D eigenvalue weighted by atomic mass is 9.95. The first kappa shape index (κ1) is 20.9. The van der Waals surface area contributed by atoms with Crippen LogP contribution >= 0.6 is 0 Å². The summed E-state index contributed by atoms with van der Waals surface area (Å²) in [6.07, 6.45) is 8.74. The van der Waals surface area contributed by atoms with Gasteiger partial charge in [-0.05, 0) is 43.9 Å². The van der Waals surface area contributed by atoms with Crippen LogP contribution in [0.3, 0.4) is 0 Å². The van der Waals surface area contributed by atoms with Crippen LogP contribution in [-0.4, -0.2) is 46.8 Å². The minimum Gasteiger partial charge on any atom is -0.364 e. The van der Waals surface area contributed by atoms with Gasteiger partial charge in [-0.2, -0.15) is 0 Å². The second kappa shape index (κ2) is 10.6. The molecule has 28 heavy (non-hydrogen) atoms. The quantitative estimate of drug-likeness (QED) is 0.418. The number of anilines is 1. The monoisotopic (exact) mass is 402 g/mol. The topological polar surface area (TPSA) is 56.7 Å². The molecule has 6 heteroatoms. The van der Waals surface area contributed by atoms with Crippen LogP contribution in [0, 0.1) is 0 Å². The molecule has 154 valence electrons. The molecule has 3 unspecified atom stereocenters. The first-order chi connectivity index (χ1) is 13.7. The van der Waals surface area contributed by atoms with Crippen LogP contribution in [0.4, 0.5) is 5.69 Å². The van der Waals surface area contributed by atoms with E-state index in [0.717, 1.165) is 57.0 Å². The van der Waals surface area contributed by atoms with Crippen LogP contribution in [0.1, 0.15) is 45.1 Å². The molecule has 0 aromatic heterocycles. The average Bonchev–Trinajstić information content (AvgIpc) is 3.27. The SMILES string of the molecule is CCNC(=NCc1cccc(N2CC=CC2)c1)NC1CCCC(S(=O)CC)C1. The van der Waals surface area contributed by atoms with E-state index in [2.05, 4.69) is 58.9 Å². The summed E-state index contributed by atoms with van der Waals surface area (Å²) in [4.78, 5) is 7.17. The van der Waals surface area contributed by atoms with Gasteiger partial charge in [0.1, 0.15) is 0 Å². The summed E-state index contributed by atoms with van der Waals surface area (Å²) in [6, 6.07) is 9.01. The van der Waals surface area contributed by atoms with E-state index < -0.39 is 10.8 Å². The number of guanidine groups is 1. The van der Waals surface area contributed by atoms with Gasteiger partial charge in [-0.15, -0.1) is 0 Å². The highest BCUT2D eigenvalue weighted by atomic mass is 32.2. The zero-order valence-electron chi connectivity index (χ0n) is 17.2. The van der Waals surface area contributed by atoms with Crippen LogP contribution in [0.5, 0.6) is 0 Å². The molecule has 1 heterocycles. The van der Waals surface area contributed by atoms with Crippen LogP contribution < -0.4 is 15.5 Å². The fraction of sp³-hybridized carbons (Fsp3) is 0.591. The Kier molecular flexibility index (Phi) is 7.95. The lowest BCUT2D eigenvalue weighted by Gasteiger charge is -2.30. The van der Waals surface area contributed by atoms with Crippen molar-refractivity contribution in [2.24, 2.45) is 4.99 Å². The minimum absolute atomic E-state index is 0.324. The van der Waals surface area contributed by atoms with E-state index in [4.69, 9.17) is 4.99 Å². The van der Waals surface area contributed by atoms with Crippen molar-refractivity contribution in [1.82, 2.24) is 10.6 Å². The summed E-state index contributed by atoms with van der Waals surface area (Å²) in [5, 5.41) is 7.28. The number of hydrogen-bond donors (Lipinski definition) is 2. The molecule has 5 nitrogen and oxygen atoms in total. The molecule has 2 aliphatic rings. The van der Waals surface area contributed by atoms with Crippen LogP contribution in [0.15, 0.2) is 41.4 Å². The van der Waals surface area contributed by atoms with E-state index in [9.17, 15) is 4.21 Å². The van der Waals surface area contributed by atoms with Gasteiger partial charge in [0, 0.05) is 53.2 Å². The molecule has 0 bridgehead atoms. The highest BCUT2D eigenvalue weighted by Crippen LogP contribution is 2.23. The summed E-state index contributed by atoms with van der Waals surface area (Å²) in [6.45, 7) is 7.57. The van der Waals surface area contributed by atoms with Crippen molar-refractivity contribution in [3.63, 3.8) is 0 Å². The molecule has 1 aromatic rings. The number of nitrogens with one attached hydrogen (secondary N) is 2. The summed E-state index contributed by atoms with van der Waals surface area (Å²) >= 11 is 0. The van der Waals surface area contributed by atoms with E-state index in [1.54, 1.807) is 0 Å². The summed E-state index contributed by atoms with van der Waals surface area (Å²) in [7, 11) is -0.700. The van der Waals surface area contributed by atoms with Gasteiger partial charge in [-0.25, -0.2) is 4.99 Å². The third-order valence-corrected chi connectivity index (χ3v) is 7.22. The Morgan fingerprint density at radius 2 is 2.07 bits per heavy atom. The molecule has 3 rings (SSSR count). The molecule has 0 amide bonds. The first-order valence-electron chi connectivity index (χ1n) is 10.6. The van der Waals surface area contributed by atoms with Crippen molar-refractivity contribution in [1.29, 1.82) is 0 Å². The maximum absolute atomic E-state index is 12.2. The molecule has 0 spiro atoms. The van der Waals surface area contributed by atoms with Gasteiger partial charge in [0.05, 0.1) is 6.54 Å². The molecular weight excluding hydrogens is 368 g/mol. The minimum atomic E-state index is -0.700. The Bertz CT molecular complexity index is 710. The molecular formula is C22H34N4OS. The molecule has 1 aliphatic carbocycles. The van der Waals surface area contributed by atoms with Crippen LogP contribution in [0.2, 0.25) is 0 Å². The predicted molar refractivity (Wildman–Crippen MR) is 120 cm³/mol. The summed E-state index contributed by atoms with van der Waals surface area (Å²) in [5.41, 5.74) is 2.48. The lowest BCUT2D eigenvalue weighted by Crippen LogP contribution is -2.46. The van der Waals surface area contributed by atoms with Crippen molar-refractivity contribution in [3.8, 4) is 0 Å². The maximum atomic E-state index is 12.2. The van der Waals surface area contributed by atoms with E-state index in [1.165, 1.54) is 11.3 Å². The van der Waals surface area contributed by atoms with Crippen molar-refractivity contribution >= 4 is 22.4 Å². The van der Waals surface area contributed by atoms with Crippen molar-refractivity contribution in [2.45, 2.75) is 57.4 Å². The third kappa shape index (κ3) is 5.84. The Morgan fingerprint density at radius 1 is 1.25 bits per heavy atom. The number of benzene rings is 1. The number of aliphatic imine (C=N–C) groups is 1. The molecule has 1 fully saturated rings. The number of hydrogen-bond acceptors (Lipinski definition) is 3. The zero-order valence-corrected chi connectivity index (χ0v) is 18.0. The fourth-order valence-corrected chi connectivity index (χ4v) is 5.32. The van der Waals surface area contributed by atoms with Crippen molar-refractivity contribution in [3.05, 3.63) is 42.0 Å². The van der Waals surface area contributed by atoms with Gasteiger partial charge >= 0.3 is 0 Å². The second-order valence-corrected chi connectivity index (χ2v) is 9.55. The fourth-order valence-electron chi connectivity index (χ4n) is 3.97. The lowest BCUT2D eigenvalue weighted by molar-refractivity contribution is 0.413. The Hall–Kier alpha value is -1.82. The highest BCUT2D eigenvalue weighted by Gasteiger charge is 2.26. The maximum Gasteiger partial charge on any atom is 0.191 e. The summed E-state index contributed by atoms with van der Waals surface area (Å²) in [5.74, 6) is 1.62. The van der Waals surface area contributed by atoms with Crippen LogP contribution in [0.25, 0.3) is 0 Å². The van der Waals surface area contributed by atoms with Gasteiger partial charge in [-0.1, -0.05) is 37.6 Å². The zero-order chi connectivity index (χ0) is 19.8. The molecule has 1 saturated carbocycles. The molecule has 0 radical (unpaired) electrons. The number of nitrogens with zero attached hydrogens (tertiary/aromatic N) is 2. The van der Waals surface area contributed by atoms with Crippen LogP contribution in [-0.2, 0) is 17.3 Å². The van der Waals surface area contributed by atoms with Crippen molar-refractivity contribution < 1.29 is 4.21 Å². The molecule has 0 saturated heterocycles. The van der Waals surface area contributed by atoms with E-state index in [1.807, 2.05) is 6.92 Å². The molecule has 2 N–H and O–H groups in total. The average molecular weight is 403 g/mol. The largest absolute Gasteiger partial charge is 0.364 e. The molecule has 3 atom stereocenters. The summed E-state index contributed by atoms with van der Waals surface area (Å²) < 4.78 is 12.2. The standard InChI is InChI=1S/C22H34N4OS/c1-3-23-22(25-19-10-8-12-21(16-19)28(27)4-2)24-17-18-9-7-11-20(15-18)26-13-5-6-14-26/h5-7,9,11,15,19,21H,3-4,8,10,12-14,16-17H2,1-2H3,(H2,23,24,25). The third-order valence-electron chi connectivity index (χ3n) is 5.48. The van der Waals surface area contributed by atoms with Gasteiger partial charge in [0.25, 0.3) is 0 Å².